The van der Waals surface area contributed by atoms with Gasteiger partial charge in [-0.3, -0.25) is 0 Å². The summed E-state index contributed by atoms with van der Waals surface area (Å²) < 4.78 is 5.58. The molecule has 1 aromatic carbocycles. The van der Waals surface area contributed by atoms with E-state index in [4.69, 9.17) is 4.74 Å². The lowest BCUT2D eigenvalue weighted by molar-refractivity contribution is -0.0769. The van der Waals surface area contributed by atoms with Gasteiger partial charge in [0.15, 0.2) is 6.29 Å². The van der Waals surface area contributed by atoms with Crippen LogP contribution < -0.4 is 0 Å². The summed E-state index contributed by atoms with van der Waals surface area (Å²) in [6.07, 6.45) is 7.07. The Morgan fingerprint density at radius 3 is 2.61 bits per heavy atom. The Kier molecular flexibility index (Phi) is 4.97. The van der Waals surface area contributed by atoms with Crippen molar-refractivity contribution in [1.82, 2.24) is 0 Å². The van der Waals surface area contributed by atoms with E-state index in [0.717, 1.165) is 12.0 Å². The van der Waals surface area contributed by atoms with Crippen molar-refractivity contribution in [2.24, 2.45) is 0 Å². The fourth-order valence-electron chi connectivity index (χ4n) is 2.43. The molecule has 0 saturated heterocycles. The SMILES string of the molecule is CCCCCCC1=CC(O)OC1c1ccccc1. The molecular formula is C16H22O2. The molecule has 1 aliphatic heterocycles. The smallest absolute Gasteiger partial charge is 0.175 e. The maximum atomic E-state index is 9.64. The largest absolute Gasteiger partial charge is 0.365 e. The molecule has 18 heavy (non-hydrogen) atoms. The highest BCUT2D eigenvalue weighted by atomic mass is 16.6. The zero-order chi connectivity index (χ0) is 12.8. The van der Waals surface area contributed by atoms with Gasteiger partial charge < -0.3 is 9.84 Å². The lowest BCUT2D eigenvalue weighted by atomic mass is 9.97. The number of hydrogen-bond acceptors (Lipinski definition) is 2. The summed E-state index contributed by atoms with van der Waals surface area (Å²) in [5.74, 6) is 0. The molecule has 2 heteroatoms. The van der Waals surface area contributed by atoms with E-state index in [1.54, 1.807) is 0 Å². The normalized spacial score (nSPS) is 23.1. The number of aliphatic hydroxyl groups excluding tert-OH is 1. The quantitative estimate of drug-likeness (QED) is 0.608. The summed E-state index contributed by atoms with van der Waals surface area (Å²) >= 11 is 0. The van der Waals surface area contributed by atoms with Crippen molar-refractivity contribution in [3.05, 3.63) is 47.5 Å². The summed E-state index contributed by atoms with van der Waals surface area (Å²) in [4.78, 5) is 0. The van der Waals surface area contributed by atoms with Crippen LogP contribution in [0.2, 0.25) is 0 Å². The minimum Gasteiger partial charge on any atom is -0.365 e. The minimum absolute atomic E-state index is 0.0529. The van der Waals surface area contributed by atoms with Gasteiger partial charge in [0.1, 0.15) is 6.10 Å². The first-order chi connectivity index (χ1) is 8.81. The van der Waals surface area contributed by atoms with Crippen molar-refractivity contribution >= 4 is 0 Å². The molecule has 0 aliphatic carbocycles. The van der Waals surface area contributed by atoms with Gasteiger partial charge in [-0.1, -0.05) is 56.5 Å². The zero-order valence-corrected chi connectivity index (χ0v) is 11.0. The zero-order valence-electron chi connectivity index (χ0n) is 11.0. The second-order valence-electron chi connectivity index (χ2n) is 4.87. The number of unbranched alkanes of at least 4 members (excludes halogenated alkanes) is 3. The number of hydrogen-bond donors (Lipinski definition) is 1. The monoisotopic (exact) mass is 246 g/mol. The first-order valence-electron chi connectivity index (χ1n) is 6.90. The third-order valence-electron chi connectivity index (χ3n) is 3.39. The summed E-state index contributed by atoms with van der Waals surface area (Å²) in [5.41, 5.74) is 2.36. The van der Waals surface area contributed by atoms with E-state index in [1.807, 2.05) is 24.3 Å². The molecule has 2 nitrogen and oxygen atoms in total. The van der Waals surface area contributed by atoms with Gasteiger partial charge >= 0.3 is 0 Å². The van der Waals surface area contributed by atoms with Crippen LogP contribution in [0.4, 0.5) is 0 Å². The van der Waals surface area contributed by atoms with E-state index in [-0.39, 0.29) is 6.10 Å². The van der Waals surface area contributed by atoms with Gasteiger partial charge in [0, 0.05) is 0 Å². The topological polar surface area (TPSA) is 29.5 Å². The standard InChI is InChI=1S/C16H22O2/c1-2-3-4-6-11-14-12-15(17)18-16(14)13-9-7-5-8-10-13/h5,7-10,12,15-17H,2-4,6,11H2,1H3. The Morgan fingerprint density at radius 2 is 1.89 bits per heavy atom. The molecule has 98 valence electrons. The molecule has 1 N–H and O–H groups in total. The molecule has 0 saturated carbocycles. The summed E-state index contributed by atoms with van der Waals surface area (Å²) in [7, 11) is 0. The van der Waals surface area contributed by atoms with Crippen LogP contribution in [-0.2, 0) is 4.74 Å². The van der Waals surface area contributed by atoms with Crippen LogP contribution in [0.1, 0.15) is 50.7 Å². The lowest BCUT2D eigenvalue weighted by Gasteiger charge is -2.15. The molecule has 1 heterocycles. The number of benzene rings is 1. The third-order valence-corrected chi connectivity index (χ3v) is 3.39. The Morgan fingerprint density at radius 1 is 1.11 bits per heavy atom. The average molecular weight is 246 g/mol. The predicted octanol–water partition coefficient (Wildman–Crippen LogP) is 3.97. The highest BCUT2D eigenvalue weighted by Gasteiger charge is 2.26. The van der Waals surface area contributed by atoms with Gasteiger partial charge in [0.25, 0.3) is 0 Å². The molecule has 0 fully saturated rings. The van der Waals surface area contributed by atoms with E-state index in [0.29, 0.717) is 0 Å². The molecule has 2 atom stereocenters. The van der Waals surface area contributed by atoms with Crippen molar-refractivity contribution in [3.8, 4) is 0 Å². The van der Waals surface area contributed by atoms with Gasteiger partial charge in [-0.2, -0.15) is 0 Å². The lowest BCUT2D eigenvalue weighted by Crippen LogP contribution is -2.06. The number of ether oxygens (including phenoxy) is 1. The summed E-state index contributed by atoms with van der Waals surface area (Å²) in [5, 5.41) is 9.64. The number of rotatable bonds is 6. The van der Waals surface area contributed by atoms with E-state index in [2.05, 4.69) is 19.1 Å². The summed E-state index contributed by atoms with van der Waals surface area (Å²) in [6, 6.07) is 10.1. The predicted molar refractivity (Wildman–Crippen MR) is 73.1 cm³/mol. The van der Waals surface area contributed by atoms with Crippen molar-refractivity contribution < 1.29 is 9.84 Å². The van der Waals surface area contributed by atoms with Crippen LogP contribution in [0, 0.1) is 0 Å². The Hall–Kier alpha value is -1.12. The Bertz CT molecular complexity index is 383. The fourth-order valence-corrected chi connectivity index (χ4v) is 2.43. The molecule has 0 aromatic heterocycles. The molecule has 0 radical (unpaired) electrons. The van der Waals surface area contributed by atoms with Crippen LogP contribution in [0.5, 0.6) is 0 Å². The van der Waals surface area contributed by atoms with Gasteiger partial charge in [-0.25, -0.2) is 0 Å². The second-order valence-corrected chi connectivity index (χ2v) is 4.87. The second kappa shape index (κ2) is 6.72. The van der Waals surface area contributed by atoms with Crippen LogP contribution in [-0.4, -0.2) is 11.4 Å². The summed E-state index contributed by atoms with van der Waals surface area (Å²) in [6.45, 7) is 2.22. The first kappa shape index (κ1) is 13.3. The van der Waals surface area contributed by atoms with E-state index >= 15 is 0 Å². The molecular weight excluding hydrogens is 224 g/mol. The highest BCUT2D eigenvalue weighted by molar-refractivity contribution is 5.29. The third kappa shape index (κ3) is 3.44. The van der Waals surface area contributed by atoms with Gasteiger partial charge in [-0.05, 0) is 30.1 Å². The molecule has 1 aliphatic rings. The van der Waals surface area contributed by atoms with Crippen molar-refractivity contribution in [2.45, 2.75) is 51.4 Å². The number of aliphatic hydroxyl groups is 1. The molecule has 0 bridgehead atoms. The molecule has 2 rings (SSSR count). The fraction of sp³-hybridized carbons (Fsp3) is 0.500. The van der Waals surface area contributed by atoms with Crippen molar-refractivity contribution in [3.63, 3.8) is 0 Å². The molecule has 0 amide bonds. The first-order valence-corrected chi connectivity index (χ1v) is 6.90. The van der Waals surface area contributed by atoms with Gasteiger partial charge in [-0.15, -0.1) is 0 Å². The van der Waals surface area contributed by atoms with E-state index in [1.165, 1.54) is 31.3 Å². The van der Waals surface area contributed by atoms with Crippen molar-refractivity contribution in [2.75, 3.05) is 0 Å². The highest BCUT2D eigenvalue weighted by Crippen LogP contribution is 2.35. The molecule has 2 unspecified atom stereocenters. The van der Waals surface area contributed by atoms with Crippen LogP contribution in [0.3, 0.4) is 0 Å². The molecule has 0 spiro atoms. The van der Waals surface area contributed by atoms with Crippen LogP contribution in [0.25, 0.3) is 0 Å². The Balaban J connectivity index is 1.96. The average Bonchev–Trinajstić information content (AvgIpc) is 2.77. The Labute approximate surface area is 109 Å². The maximum absolute atomic E-state index is 9.64. The van der Waals surface area contributed by atoms with Crippen LogP contribution >= 0.6 is 0 Å². The van der Waals surface area contributed by atoms with Crippen molar-refractivity contribution in [1.29, 1.82) is 0 Å². The van der Waals surface area contributed by atoms with E-state index in [9.17, 15) is 5.11 Å². The van der Waals surface area contributed by atoms with Gasteiger partial charge in [0.2, 0.25) is 0 Å². The van der Waals surface area contributed by atoms with Gasteiger partial charge in [0.05, 0.1) is 0 Å². The van der Waals surface area contributed by atoms with E-state index < -0.39 is 6.29 Å². The van der Waals surface area contributed by atoms with Crippen LogP contribution in [0.15, 0.2) is 42.0 Å². The maximum Gasteiger partial charge on any atom is 0.175 e. The molecule has 1 aromatic rings. The minimum atomic E-state index is -0.739.